The van der Waals surface area contributed by atoms with Crippen molar-refractivity contribution in [2.45, 2.75) is 26.4 Å². The van der Waals surface area contributed by atoms with Crippen molar-refractivity contribution in [3.63, 3.8) is 0 Å². The summed E-state index contributed by atoms with van der Waals surface area (Å²) in [7, 11) is 0. The fraction of sp³-hybridized carbons (Fsp3) is 0.333. The lowest BCUT2D eigenvalue weighted by atomic mass is 10.2. The third-order valence-corrected chi connectivity index (χ3v) is 3.22. The average Bonchev–Trinajstić information content (AvgIpc) is 2.79. The summed E-state index contributed by atoms with van der Waals surface area (Å²) in [5.41, 5.74) is -0.209. The van der Waals surface area contributed by atoms with Gasteiger partial charge in [0.2, 0.25) is 0 Å². The lowest BCUT2D eigenvalue weighted by molar-refractivity contribution is 0.0581. The highest BCUT2D eigenvalue weighted by molar-refractivity contribution is 14.1. The Balaban J connectivity index is 2.51. The third kappa shape index (κ3) is 3.23. The molecule has 0 aliphatic carbocycles. The van der Waals surface area contributed by atoms with Crippen molar-refractivity contribution in [3.05, 3.63) is 16.0 Å². The van der Waals surface area contributed by atoms with Crippen LogP contribution in [-0.4, -0.2) is 38.1 Å². The Morgan fingerprint density at radius 1 is 1.38 bits per heavy atom. The number of H-pyrrole nitrogens is 1. The molecule has 0 unspecified atom stereocenters. The number of hydrogen-bond donors (Lipinski definition) is 2. The molecule has 0 aliphatic rings. The van der Waals surface area contributed by atoms with E-state index in [4.69, 9.17) is 4.74 Å². The monoisotopic (exact) mass is 404 g/mol. The molecule has 0 saturated carbocycles. The zero-order chi connectivity index (χ0) is 15.8. The van der Waals surface area contributed by atoms with Gasteiger partial charge >= 0.3 is 12.2 Å². The fourth-order valence-electron chi connectivity index (χ4n) is 1.63. The summed E-state index contributed by atoms with van der Waals surface area (Å²) < 4.78 is 5.87. The maximum Gasteiger partial charge on any atom is 0.425 e. The number of rotatable bonds is 1. The van der Waals surface area contributed by atoms with Crippen molar-refractivity contribution in [1.29, 1.82) is 0 Å². The summed E-state index contributed by atoms with van der Waals surface area (Å²) in [6, 6.07) is 0. The van der Waals surface area contributed by atoms with Crippen LogP contribution in [0.15, 0.2) is 12.4 Å². The molecule has 0 saturated heterocycles. The summed E-state index contributed by atoms with van der Waals surface area (Å²) in [6.45, 7) is 4.96. The lowest BCUT2D eigenvalue weighted by Gasteiger charge is -2.24. The number of imide groups is 1. The van der Waals surface area contributed by atoms with E-state index < -0.39 is 17.8 Å². The van der Waals surface area contributed by atoms with E-state index >= 15 is 0 Å². The quantitative estimate of drug-likeness (QED) is 0.708. The largest absolute Gasteiger partial charge is 0.464 e. The molecule has 21 heavy (non-hydrogen) atoms. The summed E-state index contributed by atoms with van der Waals surface area (Å²) in [4.78, 5) is 28.0. The molecule has 8 nitrogen and oxygen atoms in total. The molecule has 2 rings (SSSR count). The van der Waals surface area contributed by atoms with Crippen LogP contribution >= 0.6 is 22.6 Å². The van der Waals surface area contributed by atoms with Gasteiger partial charge in [-0.05, 0) is 43.4 Å². The SMILES string of the molecule is CC(C)(C)OC(=O)N(C(=O)O)c1ncc(I)c2[nH]ncc12. The van der Waals surface area contributed by atoms with Crippen LogP contribution in [0.25, 0.3) is 10.9 Å². The molecule has 0 fully saturated rings. The highest BCUT2D eigenvalue weighted by Gasteiger charge is 2.31. The van der Waals surface area contributed by atoms with E-state index in [9.17, 15) is 14.7 Å². The normalized spacial score (nSPS) is 11.4. The second-order valence-electron chi connectivity index (χ2n) is 5.19. The van der Waals surface area contributed by atoms with Gasteiger partial charge in [-0.1, -0.05) is 0 Å². The van der Waals surface area contributed by atoms with Gasteiger partial charge in [-0.2, -0.15) is 10.00 Å². The van der Waals surface area contributed by atoms with E-state index in [-0.39, 0.29) is 5.82 Å². The first kappa shape index (κ1) is 15.5. The van der Waals surface area contributed by atoms with E-state index in [1.165, 1.54) is 12.4 Å². The number of fused-ring (bicyclic) bond motifs is 1. The number of aromatic amines is 1. The fourth-order valence-corrected chi connectivity index (χ4v) is 2.18. The van der Waals surface area contributed by atoms with Crippen LogP contribution in [0.4, 0.5) is 15.4 Å². The summed E-state index contributed by atoms with van der Waals surface area (Å²) in [5.74, 6) is -0.0408. The van der Waals surface area contributed by atoms with Crippen LogP contribution in [0.5, 0.6) is 0 Å². The molecule has 2 aromatic heterocycles. The zero-order valence-corrected chi connectivity index (χ0v) is 13.7. The molecule has 0 bridgehead atoms. The maximum absolute atomic E-state index is 12.1. The van der Waals surface area contributed by atoms with Gasteiger partial charge in [-0.3, -0.25) is 5.10 Å². The number of nitrogens with one attached hydrogen (secondary N) is 1. The Hall–Kier alpha value is -1.91. The van der Waals surface area contributed by atoms with Gasteiger partial charge in [-0.25, -0.2) is 14.6 Å². The van der Waals surface area contributed by atoms with Gasteiger partial charge in [0.1, 0.15) is 5.60 Å². The van der Waals surface area contributed by atoms with E-state index in [1.54, 1.807) is 20.8 Å². The molecule has 0 aliphatic heterocycles. The van der Waals surface area contributed by atoms with Crippen LogP contribution in [0.1, 0.15) is 20.8 Å². The smallest absolute Gasteiger partial charge is 0.425 e. The van der Waals surface area contributed by atoms with E-state index in [1.807, 2.05) is 22.6 Å². The Morgan fingerprint density at radius 3 is 2.62 bits per heavy atom. The van der Waals surface area contributed by atoms with Crippen LogP contribution in [0.2, 0.25) is 0 Å². The van der Waals surface area contributed by atoms with Crippen molar-refractivity contribution >= 4 is 51.5 Å². The first-order valence-electron chi connectivity index (χ1n) is 5.94. The van der Waals surface area contributed by atoms with Crippen molar-refractivity contribution < 1.29 is 19.4 Å². The summed E-state index contributed by atoms with van der Waals surface area (Å²) in [5, 5.41) is 16.3. The molecule has 2 N–H and O–H groups in total. The molecular weight excluding hydrogens is 391 g/mol. The maximum atomic E-state index is 12.1. The first-order valence-corrected chi connectivity index (χ1v) is 7.02. The van der Waals surface area contributed by atoms with E-state index in [2.05, 4.69) is 15.2 Å². The molecular formula is C12H13IN4O4. The third-order valence-electron chi connectivity index (χ3n) is 2.40. The van der Waals surface area contributed by atoms with Crippen molar-refractivity contribution in [2.75, 3.05) is 4.90 Å². The first-order chi connectivity index (χ1) is 9.70. The molecule has 2 amide bonds. The minimum atomic E-state index is -1.47. The Morgan fingerprint density at radius 2 is 2.05 bits per heavy atom. The number of aromatic nitrogens is 3. The lowest BCUT2D eigenvalue weighted by Crippen LogP contribution is -2.40. The predicted molar refractivity (Wildman–Crippen MR) is 83.3 cm³/mol. The number of nitrogens with zero attached hydrogens (tertiary/aromatic N) is 3. The average molecular weight is 404 g/mol. The van der Waals surface area contributed by atoms with Crippen LogP contribution < -0.4 is 4.90 Å². The highest BCUT2D eigenvalue weighted by atomic mass is 127. The summed E-state index contributed by atoms with van der Waals surface area (Å²) >= 11 is 2.04. The number of carbonyl (C=O) groups excluding carboxylic acids is 1. The van der Waals surface area contributed by atoms with Gasteiger partial charge in [0.25, 0.3) is 0 Å². The second-order valence-corrected chi connectivity index (χ2v) is 6.35. The number of hydrogen-bond acceptors (Lipinski definition) is 5. The van der Waals surface area contributed by atoms with E-state index in [0.717, 1.165) is 3.57 Å². The van der Waals surface area contributed by atoms with Gasteiger partial charge in [0.05, 0.1) is 20.7 Å². The molecule has 2 aromatic rings. The Kier molecular flexibility index (Phi) is 4.03. The van der Waals surface area contributed by atoms with Crippen LogP contribution in [0.3, 0.4) is 0 Å². The summed E-state index contributed by atoms with van der Waals surface area (Å²) in [6.07, 6.45) is 0.392. The van der Waals surface area contributed by atoms with E-state index in [0.29, 0.717) is 15.8 Å². The predicted octanol–water partition coefficient (Wildman–Crippen LogP) is 2.98. The Labute approximate surface area is 133 Å². The molecule has 2 heterocycles. The second kappa shape index (κ2) is 5.47. The molecule has 112 valence electrons. The standard InChI is InChI=1S/C12H13IN4O4/c1-12(2,3)21-11(20)17(10(18)19)9-6-4-15-16-8(6)7(13)5-14-9/h4-5H,1-3H3,(H,15,16)(H,18,19). The molecule has 9 heteroatoms. The molecule has 0 spiro atoms. The van der Waals surface area contributed by atoms with Gasteiger partial charge in [0.15, 0.2) is 5.82 Å². The zero-order valence-electron chi connectivity index (χ0n) is 11.5. The van der Waals surface area contributed by atoms with Crippen LogP contribution in [-0.2, 0) is 4.74 Å². The number of pyridine rings is 1. The number of halogens is 1. The molecule has 0 aromatic carbocycles. The highest BCUT2D eigenvalue weighted by Crippen LogP contribution is 2.27. The van der Waals surface area contributed by atoms with Crippen molar-refractivity contribution in [2.24, 2.45) is 0 Å². The minimum absolute atomic E-state index is 0.0408. The number of anilines is 1. The Bertz CT molecular complexity index is 707. The van der Waals surface area contributed by atoms with Crippen molar-refractivity contribution in [1.82, 2.24) is 15.2 Å². The number of ether oxygens (including phenoxy) is 1. The van der Waals surface area contributed by atoms with Gasteiger partial charge < -0.3 is 9.84 Å². The molecule has 0 radical (unpaired) electrons. The number of carboxylic acid groups (broad SMARTS) is 1. The van der Waals surface area contributed by atoms with Gasteiger partial charge in [0, 0.05) is 6.20 Å². The molecule has 0 atom stereocenters. The number of carbonyl (C=O) groups is 2. The number of amides is 2. The minimum Gasteiger partial charge on any atom is -0.464 e. The van der Waals surface area contributed by atoms with Crippen molar-refractivity contribution in [3.8, 4) is 0 Å². The van der Waals surface area contributed by atoms with Gasteiger partial charge in [-0.15, -0.1) is 0 Å². The van der Waals surface area contributed by atoms with Crippen LogP contribution in [0, 0.1) is 3.57 Å². The topological polar surface area (TPSA) is 108 Å².